The summed E-state index contributed by atoms with van der Waals surface area (Å²) in [5, 5.41) is 10.5. The fraction of sp³-hybridized carbons (Fsp3) is 0.412. The van der Waals surface area contributed by atoms with Crippen molar-refractivity contribution in [1.82, 2.24) is 4.98 Å². The Morgan fingerprint density at radius 3 is 2.90 bits per heavy atom. The first kappa shape index (κ1) is 14.5. The van der Waals surface area contributed by atoms with Crippen molar-refractivity contribution >= 4 is 32.8 Å². The first-order valence-corrected chi connectivity index (χ1v) is 8.18. The highest BCUT2D eigenvalue weighted by molar-refractivity contribution is 9.10. The van der Waals surface area contributed by atoms with E-state index >= 15 is 0 Å². The molecule has 1 heterocycles. The molecule has 1 aromatic carbocycles. The number of hydrogen-bond donors (Lipinski definition) is 1. The van der Waals surface area contributed by atoms with E-state index in [2.05, 4.69) is 22.9 Å². The summed E-state index contributed by atoms with van der Waals surface area (Å²) < 4.78 is 0.902. The van der Waals surface area contributed by atoms with Gasteiger partial charge < -0.3 is 5.11 Å². The molecule has 0 amide bonds. The van der Waals surface area contributed by atoms with Crippen LogP contribution in [0.4, 0.5) is 0 Å². The smallest absolute Gasteiger partial charge is 0.336 e. The Morgan fingerprint density at radius 2 is 2.24 bits per heavy atom. The molecule has 0 saturated carbocycles. The van der Waals surface area contributed by atoms with E-state index < -0.39 is 5.97 Å². The minimum absolute atomic E-state index is 0.388. The molecular weight excluding hydrogens is 330 g/mol. The maximum absolute atomic E-state index is 11.9. The number of nitrogens with zero attached hydrogens (tertiary/aromatic N) is 1. The Hall–Kier alpha value is -1.42. The summed E-state index contributed by atoms with van der Waals surface area (Å²) in [5.74, 6) is -0.452. The monoisotopic (exact) mass is 347 g/mol. The quantitative estimate of drug-likeness (QED) is 0.845. The zero-order valence-corrected chi connectivity index (χ0v) is 13.8. The van der Waals surface area contributed by atoms with Gasteiger partial charge in [-0.2, -0.15) is 0 Å². The number of hydrogen-bond acceptors (Lipinski definition) is 2. The third-order valence-corrected chi connectivity index (χ3v) is 4.91. The van der Waals surface area contributed by atoms with Gasteiger partial charge in [0.05, 0.1) is 11.1 Å². The number of halogens is 1. The summed E-state index contributed by atoms with van der Waals surface area (Å²) in [6, 6.07) is 3.88. The second-order valence-electron chi connectivity index (χ2n) is 5.77. The van der Waals surface area contributed by atoms with Gasteiger partial charge in [-0.05, 0) is 55.9 Å². The van der Waals surface area contributed by atoms with Gasteiger partial charge in [0.15, 0.2) is 0 Å². The highest BCUT2D eigenvalue weighted by Gasteiger charge is 2.27. The molecule has 0 bridgehead atoms. The van der Waals surface area contributed by atoms with E-state index in [1.165, 1.54) is 0 Å². The van der Waals surface area contributed by atoms with Gasteiger partial charge >= 0.3 is 5.97 Å². The van der Waals surface area contributed by atoms with Crippen molar-refractivity contribution in [3.8, 4) is 0 Å². The maximum atomic E-state index is 11.9. The van der Waals surface area contributed by atoms with Gasteiger partial charge in [-0.1, -0.05) is 22.9 Å². The summed E-state index contributed by atoms with van der Waals surface area (Å²) in [4.78, 5) is 16.7. The molecule has 0 spiro atoms. The minimum atomic E-state index is -0.840. The van der Waals surface area contributed by atoms with Crippen LogP contribution in [0.1, 0.15) is 59.3 Å². The van der Waals surface area contributed by atoms with Gasteiger partial charge in [0.2, 0.25) is 0 Å². The van der Waals surface area contributed by atoms with Crippen LogP contribution >= 0.6 is 15.9 Å². The van der Waals surface area contributed by atoms with Crippen molar-refractivity contribution < 1.29 is 9.90 Å². The molecule has 1 aromatic heterocycles. The predicted octanol–water partition coefficient (Wildman–Crippen LogP) is 4.83. The lowest BCUT2D eigenvalue weighted by atomic mass is 9.81. The number of carbonyl (C=O) groups is 1. The summed E-state index contributed by atoms with van der Waals surface area (Å²) >= 11 is 3.47. The number of aromatic nitrogens is 1. The van der Waals surface area contributed by atoms with Crippen LogP contribution in [-0.4, -0.2) is 16.1 Å². The number of fused-ring (bicyclic) bond motifs is 2. The zero-order valence-electron chi connectivity index (χ0n) is 12.2. The van der Waals surface area contributed by atoms with Crippen molar-refractivity contribution in [3.05, 3.63) is 39.0 Å². The van der Waals surface area contributed by atoms with E-state index in [1.54, 1.807) is 0 Å². The third kappa shape index (κ3) is 2.35. The van der Waals surface area contributed by atoms with Crippen molar-refractivity contribution in [3.63, 3.8) is 0 Å². The van der Waals surface area contributed by atoms with Crippen LogP contribution < -0.4 is 0 Å². The van der Waals surface area contributed by atoms with Gasteiger partial charge in [0, 0.05) is 21.5 Å². The molecule has 21 heavy (non-hydrogen) atoms. The molecule has 3 rings (SSSR count). The molecule has 1 aliphatic carbocycles. The van der Waals surface area contributed by atoms with Crippen LogP contribution in [0.15, 0.2) is 16.6 Å². The standard InChI is InChI=1S/C17H18BrNO2/c1-3-10-5-4-6-12-14(17(20)21)13-8-11(18)7-9(2)15(13)19-16(10)12/h7-8,10H,3-6H2,1-2H3,(H,20,21). The van der Waals surface area contributed by atoms with Crippen LogP contribution in [-0.2, 0) is 6.42 Å². The molecule has 4 heteroatoms. The molecule has 0 saturated heterocycles. The number of carboxylic acids is 1. The van der Waals surface area contributed by atoms with E-state index in [0.29, 0.717) is 11.5 Å². The molecule has 1 aliphatic rings. The molecule has 110 valence electrons. The molecule has 0 fully saturated rings. The Morgan fingerprint density at radius 1 is 1.48 bits per heavy atom. The van der Waals surface area contributed by atoms with Gasteiger partial charge in [-0.15, -0.1) is 0 Å². The lowest BCUT2D eigenvalue weighted by Gasteiger charge is -2.26. The van der Waals surface area contributed by atoms with Gasteiger partial charge in [0.25, 0.3) is 0 Å². The van der Waals surface area contributed by atoms with Crippen LogP contribution in [0.25, 0.3) is 10.9 Å². The summed E-state index contributed by atoms with van der Waals surface area (Å²) in [6.45, 7) is 4.14. The molecule has 0 radical (unpaired) electrons. The average molecular weight is 348 g/mol. The molecule has 0 aliphatic heterocycles. The number of aromatic carboxylic acids is 1. The van der Waals surface area contributed by atoms with Crippen molar-refractivity contribution in [2.24, 2.45) is 0 Å². The van der Waals surface area contributed by atoms with E-state index in [1.807, 2.05) is 19.1 Å². The first-order valence-electron chi connectivity index (χ1n) is 7.38. The van der Waals surface area contributed by atoms with Crippen molar-refractivity contribution in [1.29, 1.82) is 0 Å². The average Bonchev–Trinajstić information content (AvgIpc) is 2.44. The second kappa shape index (κ2) is 5.41. The van der Waals surface area contributed by atoms with E-state index in [0.717, 1.165) is 57.9 Å². The molecule has 2 aromatic rings. The number of aryl methyl sites for hydroxylation is 1. The highest BCUT2D eigenvalue weighted by atomic mass is 79.9. The Balaban J connectivity index is 2.43. The van der Waals surface area contributed by atoms with Crippen LogP contribution in [0.5, 0.6) is 0 Å². The number of pyridine rings is 1. The fourth-order valence-electron chi connectivity index (χ4n) is 3.45. The fourth-order valence-corrected chi connectivity index (χ4v) is 4.02. The molecule has 3 nitrogen and oxygen atoms in total. The molecule has 1 N–H and O–H groups in total. The normalized spacial score (nSPS) is 17.8. The van der Waals surface area contributed by atoms with Crippen molar-refractivity contribution in [2.75, 3.05) is 0 Å². The number of rotatable bonds is 2. The van der Waals surface area contributed by atoms with Gasteiger partial charge in [-0.25, -0.2) is 4.79 Å². The van der Waals surface area contributed by atoms with Crippen LogP contribution in [0, 0.1) is 6.92 Å². The summed E-state index contributed by atoms with van der Waals surface area (Å²) in [5.41, 5.74) is 4.27. The van der Waals surface area contributed by atoms with E-state index in [-0.39, 0.29) is 0 Å². The van der Waals surface area contributed by atoms with Crippen LogP contribution in [0.3, 0.4) is 0 Å². The number of carboxylic acid groups (broad SMARTS) is 1. The third-order valence-electron chi connectivity index (χ3n) is 4.45. The second-order valence-corrected chi connectivity index (χ2v) is 6.69. The topological polar surface area (TPSA) is 50.2 Å². The van der Waals surface area contributed by atoms with E-state index in [9.17, 15) is 9.90 Å². The SMILES string of the molecule is CCC1CCCc2c1nc1c(C)cc(Br)cc1c2C(=O)O. The molecule has 1 unspecified atom stereocenters. The zero-order chi connectivity index (χ0) is 15.1. The predicted molar refractivity (Wildman–Crippen MR) is 87.1 cm³/mol. The Labute approximate surface area is 132 Å². The lowest BCUT2D eigenvalue weighted by Crippen LogP contribution is -2.17. The maximum Gasteiger partial charge on any atom is 0.336 e. The summed E-state index contributed by atoms with van der Waals surface area (Å²) in [6.07, 6.45) is 3.99. The summed E-state index contributed by atoms with van der Waals surface area (Å²) in [7, 11) is 0. The Kier molecular flexibility index (Phi) is 3.74. The van der Waals surface area contributed by atoms with Gasteiger partial charge in [-0.3, -0.25) is 4.98 Å². The van der Waals surface area contributed by atoms with E-state index in [4.69, 9.17) is 4.98 Å². The molecule has 1 atom stereocenters. The lowest BCUT2D eigenvalue weighted by molar-refractivity contribution is 0.0697. The van der Waals surface area contributed by atoms with Gasteiger partial charge in [0.1, 0.15) is 0 Å². The number of benzene rings is 1. The van der Waals surface area contributed by atoms with Crippen molar-refractivity contribution in [2.45, 2.75) is 45.4 Å². The Bertz CT molecular complexity index is 739. The minimum Gasteiger partial charge on any atom is -0.478 e. The van der Waals surface area contributed by atoms with Crippen LogP contribution in [0.2, 0.25) is 0 Å². The largest absolute Gasteiger partial charge is 0.478 e. The highest BCUT2D eigenvalue weighted by Crippen LogP contribution is 2.38. The molecular formula is C17H18BrNO2. The first-order chi connectivity index (χ1) is 10.0.